The Morgan fingerprint density at radius 2 is 2.00 bits per heavy atom. The maximum atomic E-state index is 12.2. The molecule has 0 spiro atoms. The molecule has 2 aromatic carbocycles. The number of rotatable bonds is 7. The lowest BCUT2D eigenvalue weighted by atomic mass is 10.2. The fraction of sp³-hybridized carbons (Fsp3) is 0.200. The number of hydrogen-bond donors (Lipinski definition) is 1. The third-order valence-corrected chi connectivity index (χ3v) is 5.03. The monoisotopic (exact) mass is 458 g/mol. The van der Waals surface area contributed by atoms with Crippen molar-refractivity contribution in [2.24, 2.45) is 5.10 Å². The number of benzene rings is 2. The first-order chi connectivity index (χ1) is 13.9. The molecule has 0 saturated heterocycles. The molecule has 1 heterocycles. The van der Waals surface area contributed by atoms with Gasteiger partial charge in [0, 0.05) is 35.1 Å². The molecule has 0 unspecified atom stereocenters. The summed E-state index contributed by atoms with van der Waals surface area (Å²) < 4.78 is 6.37. The van der Waals surface area contributed by atoms with Gasteiger partial charge < -0.3 is 9.32 Å². The number of anilines is 1. The van der Waals surface area contributed by atoms with Gasteiger partial charge in [-0.3, -0.25) is 14.9 Å². The summed E-state index contributed by atoms with van der Waals surface area (Å²) in [6.45, 7) is 5.99. The Kier molecular flexibility index (Phi) is 6.28. The van der Waals surface area contributed by atoms with E-state index >= 15 is 0 Å². The van der Waals surface area contributed by atoms with Gasteiger partial charge in [-0.1, -0.05) is 6.07 Å². The molecule has 1 aromatic heterocycles. The highest BCUT2D eigenvalue weighted by Gasteiger charge is 2.14. The number of carbonyl (C=O) groups excluding carboxylic acids is 1. The van der Waals surface area contributed by atoms with Crippen LogP contribution < -0.4 is 10.3 Å². The normalized spacial score (nSPS) is 11.1. The first kappa shape index (κ1) is 20.5. The highest BCUT2D eigenvalue weighted by atomic mass is 79.9. The minimum Gasteiger partial charge on any atom is -0.451 e. The summed E-state index contributed by atoms with van der Waals surface area (Å²) >= 11 is 3.57. The van der Waals surface area contributed by atoms with Crippen LogP contribution in [0.2, 0.25) is 0 Å². The van der Waals surface area contributed by atoms with Gasteiger partial charge in [-0.05, 0) is 59.6 Å². The van der Waals surface area contributed by atoms with E-state index in [0.29, 0.717) is 11.0 Å². The lowest BCUT2D eigenvalue weighted by Crippen LogP contribution is -2.22. The van der Waals surface area contributed by atoms with Crippen LogP contribution in [-0.4, -0.2) is 30.1 Å². The van der Waals surface area contributed by atoms with Crippen LogP contribution in [0.1, 0.15) is 30.0 Å². The van der Waals surface area contributed by atoms with Crippen molar-refractivity contribution in [1.82, 2.24) is 5.43 Å². The molecule has 0 bridgehead atoms. The SMILES string of the molecule is CCN(CC)c1ccc(/C=N\NC(=O)c2cc3cc([N+](=O)[O-])ccc3o2)cc1Br. The van der Waals surface area contributed by atoms with Gasteiger partial charge >= 0.3 is 5.91 Å². The van der Waals surface area contributed by atoms with Gasteiger partial charge in [0.1, 0.15) is 5.58 Å². The number of carbonyl (C=O) groups is 1. The van der Waals surface area contributed by atoms with E-state index in [1.165, 1.54) is 30.5 Å². The van der Waals surface area contributed by atoms with E-state index in [1.807, 2.05) is 18.2 Å². The summed E-state index contributed by atoms with van der Waals surface area (Å²) in [7, 11) is 0. The molecule has 0 fully saturated rings. The Morgan fingerprint density at radius 1 is 1.24 bits per heavy atom. The molecule has 1 amide bonds. The Labute approximate surface area is 175 Å². The number of nitro benzene ring substituents is 1. The van der Waals surface area contributed by atoms with E-state index in [4.69, 9.17) is 4.42 Å². The topological polar surface area (TPSA) is 101 Å². The van der Waals surface area contributed by atoms with Crippen molar-refractivity contribution in [2.45, 2.75) is 13.8 Å². The molecule has 0 aliphatic carbocycles. The number of nitro groups is 1. The van der Waals surface area contributed by atoms with E-state index in [-0.39, 0.29) is 11.4 Å². The molecule has 9 heteroatoms. The molecule has 1 N–H and O–H groups in total. The van der Waals surface area contributed by atoms with Gasteiger partial charge in [-0.2, -0.15) is 5.10 Å². The van der Waals surface area contributed by atoms with Crippen LogP contribution in [0.3, 0.4) is 0 Å². The molecule has 0 saturated carbocycles. The van der Waals surface area contributed by atoms with Crippen molar-refractivity contribution in [3.63, 3.8) is 0 Å². The number of non-ortho nitro benzene ring substituents is 1. The van der Waals surface area contributed by atoms with Crippen LogP contribution in [0.15, 0.2) is 56.5 Å². The summed E-state index contributed by atoms with van der Waals surface area (Å²) in [5.41, 5.74) is 4.63. The van der Waals surface area contributed by atoms with Crippen LogP contribution in [0.25, 0.3) is 11.0 Å². The number of hydrazone groups is 1. The lowest BCUT2D eigenvalue weighted by molar-refractivity contribution is -0.384. The molecule has 8 nitrogen and oxygen atoms in total. The summed E-state index contributed by atoms with van der Waals surface area (Å²) in [5, 5.41) is 15.3. The van der Waals surface area contributed by atoms with Crippen LogP contribution in [-0.2, 0) is 0 Å². The summed E-state index contributed by atoms with van der Waals surface area (Å²) in [5.74, 6) is -0.519. The van der Waals surface area contributed by atoms with Crippen molar-refractivity contribution in [3.05, 3.63) is 68.4 Å². The van der Waals surface area contributed by atoms with E-state index in [0.717, 1.165) is 28.8 Å². The fourth-order valence-electron chi connectivity index (χ4n) is 2.90. The lowest BCUT2D eigenvalue weighted by Gasteiger charge is -2.22. The zero-order valence-corrected chi connectivity index (χ0v) is 17.5. The predicted octanol–water partition coefficient (Wildman–Crippen LogP) is 4.71. The summed E-state index contributed by atoms with van der Waals surface area (Å²) in [6.07, 6.45) is 1.53. The number of halogens is 1. The predicted molar refractivity (Wildman–Crippen MR) is 116 cm³/mol. The van der Waals surface area contributed by atoms with Crippen molar-refractivity contribution in [3.8, 4) is 0 Å². The minimum absolute atomic E-state index is 0.0238. The Balaban J connectivity index is 1.70. The van der Waals surface area contributed by atoms with Crippen LogP contribution in [0.4, 0.5) is 11.4 Å². The van der Waals surface area contributed by atoms with Crippen LogP contribution in [0.5, 0.6) is 0 Å². The molecule has 3 aromatic rings. The summed E-state index contributed by atoms with van der Waals surface area (Å²) in [4.78, 5) is 24.8. The van der Waals surface area contributed by atoms with Gasteiger partial charge in [0.05, 0.1) is 16.8 Å². The molecule has 0 atom stereocenters. The second-order valence-electron chi connectivity index (χ2n) is 6.17. The average Bonchev–Trinajstić information content (AvgIpc) is 3.13. The van der Waals surface area contributed by atoms with Gasteiger partial charge in [0.25, 0.3) is 5.69 Å². The highest BCUT2D eigenvalue weighted by Crippen LogP contribution is 2.27. The first-order valence-corrected chi connectivity index (χ1v) is 9.78. The van der Waals surface area contributed by atoms with Crippen molar-refractivity contribution in [1.29, 1.82) is 0 Å². The molecule has 150 valence electrons. The zero-order valence-electron chi connectivity index (χ0n) is 15.9. The van der Waals surface area contributed by atoms with Crippen molar-refractivity contribution >= 4 is 50.4 Å². The van der Waals surface area contributed by atoms with Crippen molar-refractivity contribution in [2.75, 3.05) is 18.0 Å². The standard InChI is InChI=1S/C20H19BrN4O4/c1-3-24(4-2)17-7-5-13(9-16(17)21)12-22-23-20(26)19-11-14-10-15(25(27)28)6-8-18(14)29-19/h5-12H,3-4H2,1-2H3,(H,23,26)/b22-12-. The second-order valence-corrected chi connectivity index (χ2v) is 7.03. The molecule has 0 aliphatic heterocycles. The maximum Gasteiger partial charge on any atom is 0.307 e. The number of hydrogen-bond acceptors (Lipinski definition) is 6. The Hall–Kier alpha value is -3.20. The number of furan rings is 1. The first-order valence-electron chi connectivity index (χ1n) is 8.98. The highest BCUT2D eigenvalue weighted by molar-refractivity contribution is 9.10. The van der Waals surface area contributed by atoms with E-state index < -0.39 is 10.8 Å². The summed E-state index contributed by atoms with van der Waals surface area (Å²) in [6, 6.07) is 11.4. The molecular weight excluding hydrogens is 440 g/mol. The largest absolute Gasteiger partial charge is 0.451 e. The van der Waals surface area contributed by atoms with Gasteiger partial charge in [0.2, 0.25) is 0 Å². The smallest absolute Gasteiger partial charge is 0.307 e. The minimum atomic E-state index is -0.543. The molecule has 3 rings (SSSR count). The third-order valence-electron chi connectivity index (χ3n) is 4.39. The van der Waals surface area contributed by atoms with Gasteiger partial charge in [0.15, 0.2) is 5.76 Å². The maximum absolute atomic E-state index is 12.2. The van der Waals surface area contributed by atoms with Crippen LogP contribution in [0, 0.1) is 10.1 Å². The average molecular weight is 459 g/mol. The van der Waals surface area contributed by atoms with Gasteiger partial charge in [-0.25, -0.2) is 5.43 Å². The number of nitrogens with one attached hydrogen (secondary N) is 1. The van der Waals surface area contributed by atoms with Gasteiger partial charge in [-0.15, -0.1) is 0 Å². The zero-order chi connectivity index (χ0) is 21.0. The number of nitrogens with zero attached hydrogens (tertiary/aromatic N) is 3. The Morgan fingerprint density at radius 3 is 2.66 bits per heavy atom. The second kappa shape index (κ2) is 8.87. The fourth-order valence-corrected chi connectivity index (χ4v) is 3.55. The van der Waals surface area contributed by atoms with Crippen LogP contribution >= 0.6 is 15.9 Å². The number of fused-ring (bicyclic) bond motifs is 1. The number of amides is 1. The third kappa shape index (κ3) is 4.62. The quantitative estimate of drug-likeness (QED) is 0.313. The molecular formula is C20H19BrN4O4. The van der Waals surface area contributed by atoms with E-state index in [2.05, 4.69) is 45.2 Å². The van der Waals surface area contributed by atoms with E-state index in [9.17, 15) is 14.9 Å². The Bertz CT molecular complexity index is 1090. The van der Waals surface area contributed by atoms with Crippen molar-refractivity contribution < 1.29 is 14.1 Å². The van der Waals surface area contributed by atoms with E-state index in [1.54, 1.807) is 0 Å². The molecule has 0 aliphatic rings. The molecule has 29 heavy (non-hydrogen) atoms. The molecule has 0 radical (unpaired) electrons.